The molecule has 2 rings (SSSR count). The number of nitrogens with zero attached hydrogens (tertiary/aromatic N) is 3. The minimum absolute atomic E-state index is 0.0221. The Bertz CT molecular complexity index is 619. The van der Waals surface area contributed by atoms with E-state index in [-0.39, 0.29) is 24.1 Å². The molecular weight excluding hydrogens is 280 g/mol. The number of ether oxygens (including phenoxy) is 2. The highest BCUT2D eigenvalue weighted by Gasteiger charge is 2.11. The van der Waals surface area contributed by atoms with E-state index in [1.165, 1.54) is 0 Å². The van der Waals surface area contributed by atoms with Gasteiger partial charge in [0.25, 0.3) is 0 Å². The highest BCUT2D eigenvalue weighted by Crippen LogP contribution is 2.29. The standard InChI is InChI=1S/C13H15ClN4O2/c1-7(2)19-12-16-11(15)17-13(18-12)20-10-5-4-8(3)6-9(10)14/h4-7H,1-3H3,(H2,15,16,17,18). The molecule has 6 nitrogen and oxygen atoms in total. The van der Waals surface area contributed by atoms with Crippen LogP contribution in [0.4, 0.5) is 5.95 Å². The fraction of sp³-hybridized carbons (Fsp3) is 0.308. The van der Waals surface area contributed by atoms with Gasteiger partial charge in [-0.1, -0.05) is 17.7 Å². The van der Waals surface area contributed by atoms with E-state index in [4.69, 9.17) is 26.8 Å². The second-order valence-corrected chi connectivity index (χ2v) is 4.87. The van der Waals surface area contributed by atoms with Crippen molar-refractivity contribution < 1.29 is 9.47 Å². The van der Waals surface area contributed by atoms with Gasteiger partial charge in [0.05, 0.1) is 11.1 Å². The summed E-state index contributed by atoms with van der Waals surface area (Å²) in [5.74, 6) is 0.465. The van der Waals surface area contributed by atoms with E-state index in [0.717, 1.165) is 5.56 Å². The summed E-state index contributed by atoms with van der Waals surface area (Å²) in [6, 6.07) is 5.55. The predicted molar refractivity (Wildman–Crippen MR) is 76.3 cm³/mol. The Morgan fingerprint density at radius 1 is 1.15 bits per heavy atom. The Labute approximate surface area is 121 Å². The average Bonchev–Trinajstić information content (AvgIpc) is 2.31. The number of anilines is 1. The Hall–Kier alpha value is -2.08. The highest BCUT2D eigenvalue weighted by molar-refractivity contribution is 6.32. The number of hydrogen-bond donors (Lipinski definition) is 1. The Morgan fingerprint density at radius 2 is 1.85 bits per heavy atom. The molecule has 0 aliphatic heterocycles. The van der Waals surface area contributed by atoms with Gasteiger partial charge >= 0.3 is 12.0 Å². The summed E-state index contributed by atoms with van der Waals surface area (Å²) >= 11 is 6.08. The van der Waals surface area contributed by atoms with Crippen molar-refractivity contribution in [2.75, 3.05) is 5.73 Å². The van der Waals surface area contributed by atoms with Crippen LogP contribution in [0.15, 0.2) is 18.2 Å². The molecule has 106 valence electrons. The first kappa shape index (κ1) is 14.3. The zero-order valence-electron chi connectivity index (χ0n) is 11.4. The first-order chi connectivity index (χ1) is 9.44. The molecule has 7 heteroatoms. The lowest BCUT2D eigenvalue weighted by molar-refractivity contribution is 0.219. The minimum atomic E-state index is -0.0763. The lowest BCUT2D eigenvalue weighted by atomic mass is 10.2. The zero-order chi connectivity index (χ0) is 14.7. The van der Waals surface area contributed by atoms with Crippen molar-refractivity contribution in [1.82, 2.24) is 15.0 Å². The molecule has 20 heavy (non-hydrogen) atoms. The van der Waals surface area contributed by atoms with Crippen LogP contribution in [0.3, 0.4) is 0 Å². The first-order valence-corrected chi connectivity index (χ1v) is 6.44. The largest absolute Gasteiger partial charge is 0.461 e. The maximum Gasteiger partial charge on any atom is 0.330 e. The van der Waals surface area contributed by atoms with Gasteiger partial charge in [0.15, 0.2) is 0 Å². The van der Waals surface area contributed by atoms with Crippen molar-refractivity contribution in [3.63, 3.8) is 0 Å². The third-order valence-electron chi connectivity index (χ3n) is 2.24. The van der Waals surface area contributed by atoms with Crippen LogP contribution in [0.25, 0.3) is 0 Å². The molecule has 0 radical (unpaired) electrons. The van der Waals surface area contributed by atoms with Crippen LogP contribution in [0.5, 0.6) is 17.8 Å². The summed E-state index contributed by atoms with van der Waals surface area (Å²) in [7, 11) is 0. The summed E-state index contributed by atoms with van der Waals surface area (Å²) in [6.45, 7) is 5.65. The highest BCUT2D eigenvalue weighted by atomic mass is 35.5. The number of benzene rings is 1. The number of nitrogens with two attached hydrogens (primary N) is 1. The van der Waals surface area contributed by atoms with Gasteiger partial charge in [0.1, 0.15) is 5.75 Å². The number of halogens is 1. The van der Waals surface area contributed by atoms with Gasteiger partial charge in [0.2, 0.25) is 5.95 Å². The molecule has 0 saturated heterocycles. The normalized spacial score (nSPS) is 10.7. The van der Waals surface area contributed by atoms with E-state index in [2.05, 4.69) is 15.0 Å². The Morgan fingerprint density at radius 3 is 2.50 bits per heavy atom. The van der Waals surface area contributed by atoms with Crippen molar-refractivity contribution in [2.45, 2.75) is 26.9 Å². The Kier molecular flexibility index (Phi) is 4.24. The summed E-state index contributed by atoms with van der Waals surface area (Å²) in [4.78, 5) is 11.8. The Balaban J connectivity index is 2.26. The summed E-state index contributed by atoms with van der Waals surface area (Å²) < 4.78 is 10.9. The quantitative estimate of drug-likeness (QED) is 0.933. The van der Waals surface area contributed by atoms with E-state index in [9.17, 15) is 0 Å². The number of hydrogen-bond acceptors (Lipinski definition) is 6. The molecule has 0 aliphatic carbocycles. The monoisotopic (exact) mass is 294 g/mol. The maximum absolute atomic E-state index is 6.08. The molecule has 1 heterocycles. The molecule has 1 aromatic heterocycles. The zero-order valence-corrected chi connectivity index (χ0v) is 12.2. The molecule has 0 atom stereocenters. The fourth-order valence-corrected chi connectivity index (χ4v) is 1.72. The molecule has 2 aromatic rings. The van der Waals surface area contributed by atoms with Crippen LogP contribution in [0, 0.1) is 6.92 Å². The molecule has 2 N–H and O–H groups in total. The molecule has 0 saturated carbocycles. The number of aromatic nitrogens is 3. The van der Waals surface area contributed by atoms with Crippen LogP contribution >= 0.6 is 11.6 Å². The predicted octanol–water partition coefficient (Wildman–Crippen LogP) is 3.00. The van der Waals surface area contributed by atoms with Crippen LogP contribution in [-0.4, -0.2) is 21.1 Å². The van der Waals surface area contributed by atoms with Gasteiger partial charge in [-0.05, 0) is 38.5 Å². The number of nitrogen functional groups attached to an aromatic ring is 1. The van der Waals surface area contributed by atoms with Crippen molar-refractivity contribution in [3.05, 3.63) is 28.8 Å². The molecule has 0 amide bonds. The lowest BCUT2D eigenvalue weighted by Crippen LogP contribution is -2.11. The summed E-state index contributed by atoms with van der Waals surface area (Å²) in [6.07, 6.45) is -0.0763. The SMILES string of the molecule is Cc1ccc(Oc2nc(N)nc(OC(C)C)n2)c(Cl)c1. The number of aryl methyl sites for hydroxylation is 1. The molecule has 0 unspecified atom stereocenters. The maximum atomic E-state index is 6.08. The third-order valence-corrected chi connectivity index (χ3v) is 2.54. The van der Waals surface area contributed by atoms with Gasteiger partial charge in [-0.25, -0.2) is 0 Å². The molecule has 0 bridgehead atoms. The fourth-order valence-electron chi connectivity index (χ4n) is 1.45. The summed E-state index contributed by atoms with van der Waals surface area (Å²) in [5, 5.41) is 0.468. The molecule has 1 aromatic carbocycles. The number of rotatable bonds is 4. The van der Waals surface area contributed by atoms with Crippen molar-refractivity contribution in [3.8, 4) is 17.8 Å². The van der Waals surface area contributed by atoms with E-state index in [1.807, 2.05) is 26.8 Å². The van der Waals surface area contributed by atoms with Gasteiger partial charge in [-0.2, -0.15) is 9.97 Å². The molecule has 0 aliphatic rings. The van der Waals surface area contributed by atoms with Crippen LogP contribution in [0.2, 0.25) is 5.02 Å². The second kappa shape index (κ2) is 5.92. The smallest absolute Gasteiger partial charge is 0.330 e. The molecule has 0 spiro atoms. The van der Waals surface area contributed by atoms with Crippen molar-refractivity contribution in [2.24, 2.45) is 0 Å². The van der Waals surface area contributed by atoms with Gasteiger partial charge in [-0.15, -0.1) is 4.98 Å². The summed E-state index contributed by atoms with van der Waals surface area (Å²) in [5.41, 5.74) is 6.62. The van der Waals surface area contributed by atoms with Crippen molar-refractivity contribution in [1.29, 1.82) is 0 Å². The van der Waals surface area contributed by atoms with Gasteiger partial charge in [0, 0.05) is 0 Å². The van der Waals surface area contributed by atoms with Gasteiger partial charge in [-0.3, -0.25) is 0 Å². The van der Waals surface area contributed by atoms with Crippen molar-refractivity contribution >= 4 is 17.5 Å². The van der Waals surface area contributed by atoms with Crippen LogP contribution in [-0.2, 0) is 0 Å². The minimum Gasteiger partial charge on any atom is -0.461 e. The third kappa shape index (κ3) is 3.71. The van der Waals surface area contributed by atoms with Crippen LogP contribution in [0.1, 0.15) is 19.4 Å². The second-order valence-electron chi connectivity index (χ2n) is 4.46. The first-order valence-electron chi connectivity index (χ1n) is 6.06. The molecule has 0 fully saturated rings. The van der Waals surface area contributed by atoms with Gasteiger partial charge < -0.3 is 15.2 Å². The van der Waals surface area contributed by atoms with E-state index < -0.39 is 0 Å². The lowest BCUT2D eigenvalue weighted by Gasteiger charge is -2.10. The van der Waals surface area contributed by atoms with Crippen LogP contribution < -0.4 is 15.2 Å². The van der Waals surface area contributed by atoms with E-state index >= 15 is 0 Å². The van der Waals surface area contributed by atoms with E-state index in [1.54, 1.807) is 12.1 Å². The van der Waals surface area contributed by atoms with E-state index in [0.29, 0.717) is 10.8 Å². The average molecular weight is 295 g/mol. The topological polar surface area (TPSA) is 83.2 Å². The molecular formula is C13H15ClN4O2.